The summed E-state index contributed by atoms with van der Waals surface area (Å²) in [5, 5.41) is 2.50. The number of ether oxygens (including phenoxy) is 3. The molecule has 168 valence electrons. The van der Waals surface area contributed by atoms with Crippen molar-refractivity contribution >= 4 is 11.6 Å². The lowest BCUT2D eigenvalue weighted by molar-refractivity contribution is -0.226. The Labute approximate surface area is 177 Å². The first kappa shape index (κ1) is 23.0. The molecular formula is C22H23F4NO4. The normalized spacial score (nSPS) is 21.7. The summed E-state index contributed by atoms with van der Waals surface area (Å²) in [7, 11) is 0. The number of hydrogen-bond acceptors (Lipinski definition) is 4. The summed E-state index contributed by atoms with van der Waals surface area (Å²) >= 11 is 0. The van der Waals surface area contributed by atoms with Gasteiger partial charge in [-0.25, -0.2) is 4.39 Å². The Morgan fingerprint density at radius 2 is 1.74 bits per heavy atom. The van der Waals surface area contributed by atoms with Gasteiger partial charge in [0.05, 0.1) is 30.3 Å². The van der Waals surface area contributed by atoms with Crippen LogP contribution in [-0.4, -0.2) is 25.2 Å². The second-order valence-corrected chi connectivity index (χ2v) is 7.90. The van der Waals surface area contributed by atoms with Gasteiger partial charge in [-0.3, -0.25) is 4.79 Å². The number of nitrogens with one attached hydrogen (secondary N) is 1. The average molecular weight is 441 g/mol. The van der Waals surface area contributed by atoms with E-state index in [0.29, 0.717) is 5.56 Å². The van der Waals surface area contributed by atoms with Gasteiger partial charge in [-0.05, 0) is 51.1 Å². The summed E-state index contributed by atoms with van der Waals surface area (Å²) in [6.07, 6.45) is -5.84. The molecule has 1 N–H and O–H groups in total. The molecule has 0 spiro atoms. The maximum atomic E-state index is 13.4. The van der Waals surface area contributed by atoms with Gasteiger partial charge in [0.25, 0.3) is 0 Å². The Morgan fingerprint density at radius 3 is 2.29 bits per heavy atom. The van der Waals surface area contributed by atoms with Crippen LogP contribution in [0.5, 0.6) is 5.75 Å². The smallest absolute Gasteiger partial charge is 0.420 e. The number of alkyl halides is 3. The van der Waals surface area contributed by atoms with Crippen molar-refractivity contribution in [1.29, 1.82) is 0 Å². The van der Waals surface area contributed by atoms with Crippen LogP contribution in [-0.2, 0) is 20.4 Å². The van der Waals surface area contributed by atoms with Gasteiger partial charge in [-0.15, -0.1) is 0 Å². The molecule has 2 aromatic rings. The lowest BCUT2D eigenvalue weighted by Crippen LogP contribution is -2.45. The molecular weight excluding hydrogens is 418 g/mol. The number of carbonyl (C=O) groups excluding carboxylic acids is 1. The van der Waals surface area contributed by atoms with Crippen molar-refractivity contribution in [3.05, 3.63) is 59.4 Å². The number of carbonyl (C=O) groups is 1. The van der Waals surface area contributed by atoms with E-state index in [1.807, 2.05) is 0 Å². The standard InChI is InChI=1S/C22H23F4NO4/c1-13(2)31-18-9-8-16(10-17(18)22(24,25)26)27-20(28)21(3)11-29-19(30-12-21)14-4-6-15(23)7-5-14/h4-10,13,19H,11-12H2,1-3H3,(H,27,28). The van der Waals surface area contributed by atoms with E-state index >= 15 is 0 Å². The molecule has 0 aliphatic carbocycles. The van der Waals surface area contributed by atoms with Gasteiger partial charge >= 0.3 is 6.18 Å². The number of amides is 1. The van der Waals surface area contributed by atoms with Crippen LogP contribution in [0.15, 0.2) is 42.5 Å². The summed E-state index contributed by atoms with van der Waals surface area (Å²) < 4.78 is 69.8. The molecule has 0 saturated carbocycles. The minimum absolute atomic E-state index is 0.0182. The van der Waals surface area contributed by atoms with Crippen molar-refractivity contribution < 1.29 is 36.6 Å². The molecule has 3 rings (SSSR count). The maximum Gasteiger partial charge on any atom is 0.420 e. The van der Waals surface area contributed by atoms with E-state index in [1.165, 1.54) is 36.4 Å². The number of rotatable bonds is 5. The molecule has 5 nitrogen and oxygen atoms in total. The first-order valence-electron chi connectivity index (χ1n) is 9.66. The third kappa shape index (κ3) is 5.54. The summed E-state index contributed by atoms with van der Waals surface area (Å²) in [6.45, 7) is 4.78. The first-order chi connectivity index (χ1) is 14.5. The van der Waals surface area contributed by atoms with Gasteiger partial charge in [0.1, 0.15) is 11.6 Å². The van der Waals surface area contributed by atoms with E-state index < -0.39 is 41.3 Å². The highest BCUT2D eigenvalue weighted by Crippen LogP contribution is 2.39. The van der Waals surface area contributed by atoms with E-state index in [2.05, 4.69) is 5.32 Å². The molecule has 1 saturated heterocycles. The minimum Gasteiger partial charge on any atom is -0.490 e. The molecule has 1 aliphatic rings. The number of anilines is 1. The molecule has 9 heteroatoms. The summed E-state index contributed by atoms with van der Waals surface area (Å²) in [4.78, 5) is 12.8. The lowest BCUT2D eigenvalue weighted by Gasteiger charge is -2.36. The summed E-state index contributed by atoms with van der Waals surface area (Å²) in [5.41, 5.74) is -1.52. The van der Waals surface area contributed by atoms with Gasteiger partial charge in [-0.1, -0.05) is 12.1 Å². The van der Waals surface area contributed by atoms with Crippen LogP contribution >= 0.6 is 0 Å². The summed E-state index contributed by atoms with van der Waals surface area (Å²) in [6, 6.07) is 8.94. The van der Waals surface area contributed by atoms with Gasteiger partial charge in [0.15, 0.2) is 6.29 Å². The van der Waals surface area contributed by atoms with E-state index in [0.717, 1.165) is 6.07 Å². The highest BCUT2D eigenvalue weighted by molar-refractivity contribution is 5.95. The fourth-order valence-corrected chi connectivity index (χ4v) is 3.02. The van der Waals surface area contributed by atoms with E-state index in [-0.39, 0.29) is 24.7 Å². The quantitative estimate of drug-likeness (QED) is 0.638. The Bertz CT molecular complexity index is 920. The van der Waals surface area contributed by atoms with Crippen LogP contribution in [0, 0.1) is 11.2 Å². The zero-order chi connectivity index (χ0) is 22.8. The van der Waals surface area contributed by atoms with Gasteiger partial charge in [0.2, 0.25) is 5.91 Å². The van der Waals surface area contributed by atoms with Crippen molar-refractivity contribution in [2.75, 3.05) is 18.5 Å². The van der Waals surface area contributed by atoms with Crippen molar-refractivity contribution in [2.45, 2.75) is 39.3 Å². The molecule has 0 radical (unpaired) electrons. The highest BCUT2D eigenvalue weighted by atomic mass is 19.4. The maximum absolute atomic E-state index is 13.4. The predicted molar refractivity (Wildman–Crippen MR) is 105 cm³/mol. The molecule has 0 aromatic heterocycles. The zero-order valence-electron chi connectivity index (χ0n) is 17.3. The molecule has 1 heterocycles. The first-order valence-corrected chi connectivity index (χ1v) is 9.66. The lowest BCUT2D eigenvalue weighted by atomic mass is 9.90. The average Bonchev–Trinajstić information content (AvgIpc) is 2.69. The zero-order valence-corrected chi connectivity index (χ0v) is 17.3. The number of hydrogen-bond donors (Lipinski definition) is 1. The van der Waals surface area contributed by atoms with E-state index in [4.69, 9.17) is 14.2 Å². The SMILES string of the molecule is CC(C)Oc1ccc(NC(=O)C2(C)COC(c3ccc(F)cc3)OC2)cc1C(F)(F)F. The van der Waals surface area contributed by atoms with Crippen LogP contribution in [0.3, 0.4) is 0 Å². The van der Waals surface area contributed by atoms with Crippen molar-refractivity contribution in [3.8, 4) is 5.75 Å². The van der Waals surface area contributed by atoms with E-state index in [9.17, 15) is 22.4 Å². The molecule has 1 amide bonds. The summed E-state index contributed by atoms with van der Waals surface area (Å²) in [5.74, 6) is -1.25. The van der Waals surface area contributed by atoms with Crippen LogP contribution in [0.2, 0.25) is 0 Å². The number of benzene rings is 2. The monoisotopic (exact) mass is 441 g/mol. The number of halogens is 4. The highest BCUT2D eigenvalue weighted by Gasteiger charge is 2.40. The predicted octanol–water partition coefficient (Wildman–Crippen LogP) is 5.32. The van der Waals surface area contributed by atoms with Gasteiger partial charge in [0, 0.05) is 11.3 Å². The van der Waals surface area contributed by atoms with Crippen molar-refractivity contribution in [2.24, 2.45) is 5.41 Å². The third-order valence-electron chi connectivity index (χ3n) is 4.70. The Morgan fingerprint density at radius 1 is 1.13 bits per heavy atom. The molecule has 0 bridgehead atoms. The third-order valence-corrected chi connectivity index (χ3v) is 4.70. The molecule has 1 fully saturated rings. The Kier molecular flexibility index (Phi) is 6.56. The molecule has 0 unspecified atom stereocenters. The van der Waals surface area contributed by atoms with Gasteiger partial charge in [-0.2, -0.15) is 13.2 Å². The van der Waals surface area contributed by atoms with Crippen LogP contribution < -0.4 is 10.1 Å². The molecule has 0 atom stereocenters. The Hall–Kier alpha value is -2.65. The van der Waals surface area contributed by atoms with Crippen molar-refractivity contribution in [3.63, 3.8) is 0 Å². The van der Waals surface area contributed by atoms with Crippen molar-refractivity contribution in [1.82, 2.24) is 0 Å². The second kappa shape index (κ2) is 8.84. The van der Waals surface area contributed by atoms with E-state index in [1.54, 1.807) is 20.8 Å². The Balaban J connectivity index is 1.70. The van der Waals surface area contributed by atoms with Crippen LogP contribution in [0.4, 0.5) is 23.2 Å². The van der Waals surface area contributed by atoms with Crippen LogP contribution in [0.1, 0.15) is 38.2 Å². The van der Waals surface area contributed by atoms with Gasteiger partial charge < -0.3 is 19.5 Å². The van der Waals surface area contributed by atoms with Crippen LogP contribution in [0.25, 0.3) is 0 Å². The minimum atomic E-state index is -4.64. The fourth-order valence-electron chi connectivity index (χ4n) is 3.02. The topological polar surface area (TPSA) is 56.8 Å². The molecule has 31 heavy (non-hydrogen) atoms. The molecule has 2 aromatic carbocycles. The fraction of sp³-hybridized carbons (Fsp3) is 0.409. The largest absolute Gasteiger partial charge is 0.490 e. The molecule has 1 aliphatic heterocycles. The second-order valence-electron chi connectivity index (χ2n) is 7.90.